The summed E-state index contributed by atoms with van der Waals surface area (Å²) in [6.07, 6.45) is 4.40. The van der Waals surface area contributed by atoms with E-state index in [0.717, 1.165) is 29.0 Å². The molecule has 2 rings (SSSR count). The van der Waals surface area contributed by atoms with Crippen LogP contribution < -0.4 is 0 Å². The SMILES string of the molecule is Cc1ncc(C2CCC(C=O)O2)s1. The van der Waals surface area contributed by atoms with Crippen LogP contribution in [-0.2, 0) is 9.53 Å². The fraction of sp³-hybridized carbons (Fsp3) is 0.556. The molecule has 1 fully saturated rings. The van der Waals surface area contributed by atoms with Gasteiger partial charge in [-0.1, -0.05) is 0 Å². The van der Waals surface area contributed by atoms with Gasteiger partial charge in [0.25, 0.3) is 0 Å². The first kappa shape index (κ1) is 8.84. The summed E-state index contributed by atoms with van der Waals surface area (Å²) in [5.74, 6) is 0. The number of ether oxygens (including phenoxy) is 1. The number of hydrogen-bond acceptors (Lipinski definition) is 4. The monoisotopic (exact) mass is 197 g/mol. The van der Waals surface area contributed by atoms with Crippen LogP contribution in [0.3, 0.4) is 0 Å². The number of nitrogens with zero attached hydrogens (tertiary/aromatic N) is 1. The number of carbonyl (C=O) groups is 1. The van der Waals surface area contributed by atoms with Gasteiger partial charge in [0, 0.05) is 6.20 Å². The molecular weight excluding hydrogens is 186 g/mol. The summed E-state index contributed by atoms with van der Waals surface area (Å²) in [4.78, 5) is 15.8. The molecule has 1 aliphatic rings. The Kier molecular flexibility index (Phi) is 2.42. The van der Waals surface area contributed by atoms with E-state index in [0.29, 0.717) is 0 Å². The third-order valence-corrected chi connectivity index (χ3v) is 3.17. The summed E-state index contributed by atoms with van der Waals surface area (Å²) in [5.41, 5.74) is 0. The van der Waals surface area contributed by atoms with Crippen LogP contribution in [0, 0.1) is 6.92 Å². The molecular formula is C9H11NO2S. The van der Waals surface area contributed by atoms with E-state index in [2.05, 4.69) is 4.98 Å². The molecule has 0 aromatic carbocycles. The van der Waals surface area contributed by atoms with Gasteiger partial charge in [-0.25, -0.2) is 4.98 Å². The van der Waals surface area contributed by atoms with Crippen LogP contribution in [0.4, 0.5) is 0 Å². The average molecular weight is 197 g/mol. The Balaban J connectivity index is 2.07. The summed E-state index contributed by atoms with van der Waals surface area (Å²) in [5, 5.41) is 1.05. The molecule has 0 bridgehead atoms. The number of aldehydes is 1. The molecule has 0 saturated carbocycles. The minimum absolute atomic E-state index is 0.0985. The van der Waals surface area contributed by atoms with E-state index in [1.165, 1.54) is 0 Å². The first-order valence-electron chi connectivity index (χ1n) is 4.32. The highest BCUT2D eigenvalue weighted by atomic mass is 32.1. The van der Waals surface area contributed by atoms with Crippen molar-refractivity contribution in [2.24, 2.45) is 0 Å². The van der Waals surface area contributed by atoms with E-state index < -0.39 is 0 Å². The van der Waals surface area contributed by atoms with Gasteiger partial charge >= 0.3 is 0 Å². The zero-order valence-corrected chi connectivity index (χ0v) is 8.21. The predicted octanol–water partition coefficient (Wildman–Crippen LogP) is 1.87. The predicted molar refractivity (Wildman–Crippen MR) is 49.8 cm³/mol. The topological polar surface area (TPSA) is 39.2 Å². The van der Waals surface area contributed by atoms with Gasteiger partial charge in [0.2, 0.25) is 0 Å². The van der Waals surface area contributed by atoms with Gasteiger partial charge in [-0.05, 0) is 19.8 Å². The number of rotatable bonds is 2. The molecule has 3 nitrogen and oxygen atoms in total. The average Bonchev–Trinajstić information content (AvgIpc) is 2.71. The molecule has 13 heavy (non-hydrogen) atoms. The van der Waals surface area contributed by atoms with Crippen molar-refractivity contribution in [2.45, 2.75) is 32.0 Å². The van der Waals surface area contributed by atoms with Gasteiger partial charge in [-0.15, -0.1) is 11.3 Å². The number of hydrogen-bond donors (Lipinski definition) is 0. The Morgan fingerprint density at radius 3 is 3.08 bits per heavy atom. The Hall–Kier alpha value is -0.740. The van der Waals surface area contributed by atoms with Crippen LogP contribution in [0.15, 0.2) is 6.20 Å². The lowest BCUT2D eigenvalue weighted by molar-refractivity contribution is -0.117. The van der Waals surface area contributed by atoms with Crippen molar-refractivity contribution in [3.8, 4) is 0 Å². The maximum Gasteiger partial charge on any atom is 0.148 e. The highest BCUT2D eigenvalue weighted by Crippen LogP contribution is 2.34. The zero-order chi connectivity index (χ0) is 9.26. The molecule has 4 heteroatoms. The highest BCUT2D eigenvalue weighted by molar-refractivity contribution is 7.11. The van der Waals surface area contributed by atoms with Gasteiger partial charge in [0.1, 0.15) is 12.4 Å². The molecule has 0 amide bonds. The maximum atomic E-state index is 10.5. The lowest BCUT2D eigenvalue weighted by Crippen LogP contribution is -2.06. The third-order valence-electron chi connectivity index (χ3n) is 2.16. The molecule has 0 spiro atoms. The first-order chi connectivity index (χ1) is 6.29. The molecule has 2 unspecified atom stereocenters. The summed E-state index contributed by atoms with van der Waals surface area (Å²) < 4.78 is 5.51. The van der Waals surface area contributed by atoms with E-state index in [9.17, 15) is 4.79 Å². The summed E-state index contributed by atoms with van der Waals surface area (Å²) >= 11 is 1.65. The Morgan fingerprint density at radius 2 is 2.54 bits per heavy atom. The number of aryl methyl sites for hydroxylation is 1. The molecule has 0 aliphatic carbocycles. The van der Waals surface area contributed by atoms with Crippen LogP contribution in [0.25, 0.3) is 0 Å². The second-order valence-corrected chi connectivity index (χ2v) is 4.42. The van der Waals surface area contributed by atoms with Crippen LogP contribution in [-0.4, -0.2) is 17.4 Å². The molecule has 2 heterocycles. The standard InChI is InChI=1S/C9H11NO2S/c1-6-10-4-9(13-6)8-3-2-7(5-11)12-8/h4-5,7-8H,2-3H2,1H3. The summed E-state index contributed by atoms with van der Waals surface area (Å²) in [6.45, 7) is 1.97. The first-order valence-corrected chi connectivity index (χ1v) is 5.14. The van der Waals surface area contributed by atoms with E-state index >= 15 is 0 Å². The smallest absolute Gasteiger partial charge is 0.148 e. The van der Waals surface area contributed by atoms with Crippen LogP contribution in [0.2, 0.25) is 0 Å². The van der Waals surface area contributed by atoms with Crippen molar-refractivity contribution in [1.29, 1.82) is 0 Å². The van der Waals surface area contributed by atoms with Crippen LogP contribution >= 0.6 is 11.3 Å². The molecule has 0 radical (unpaired) electrons. The van der Waals surface area contributed by atoms with Crippen molar-refractivity contribution in [2.75, 3.05) is 0 Å². The number of carbonyl (C=O) groups excluding carboxylic acids is 1. The highest BCUT2D eigenvalue weighted by Gasteiger charge is 2.27. The lowest BCUT2D eigenvalue weighted by atomic mass is 10.2. The second kappa shape index (κ2) is 3.55. The normalized spacial score (nSPS) is 27.8. The minimum atomic E-state index is -0.201. The molecule has 1 saturated heterocycles. The third kappa shape index (κ3) is 1.78. The van der Waals surface area contributed by atoms with Crippen LogP contribution in [0.1, 0.15) is 28.8 Å². The van der Waals surface area contributed by atoms with Crippen LogP contribution in [0.5, 0.6) is 0 Å². The van der Waals surface area contributed by atoms with E-state index in [1.54, 1.807) is 11.3 Å². The molecule has 0 N–H and O–H groups in total. The van der Waals surface area contributed by atoms with E-state index in [1.807, 2.05) is 13.1 Å². The Bertz CT molecular complexity index is 310. The van der Waals surface area contributed by atoms with Crippen molar-refractivity contribution >= 4 is 17.6 Å². The van der Waals surface area contributed by atoms with Crippen molar-refractivity contribution in [3.63, 3.8) is 0 Å². The van der Waals surface area contributed by atoms with Gasteiger partial charge in [-0.2, -0.15) is 0 Å². The quantitative estimate of drug-likeness (QED) is 0.679. The van der Waals surface area contributed by atoms with E-state index in [-0.39, 0.29) is 12.2 Å². The molecule has 1 aromatic heterocycles. The minimum Gasteiger partial charge on any atom is -0.362 e. The maximum absolute atomic E-state index is 10.5. The summed E-state index contributed by atoms with van der Waals surface area (Å²) in [6, 6.07) is 0. The number of aromatic nitrogens is 1. The van der Waals surface area contributed by atoms with E-state index in [4.69, 9.17) is 4.74 Å². The Morgan fingerprint density at radius 1 is 1.69 bits per heavy atom. The van der Waals surface area contributed by atoms with Crippen molar-refractivity contribution < 1.29 is 9.53 Å². The largest absolute Gasteiger partial charge is 0.362 e. The lowest BCUT2D eigenvalue weighted by Gasteiger charge is -2.06. The Labute approximate surface area is 80.8 Å². The molecule has 70 valence electrons. The summed E-state index contributed by atoms with van der Waals surface area (Å²) in [7, 11) is 0. The molecule has 2 atom stereocenters. The molecule has 1 aliphatic heterocycles. The number of thiazole rings is 1. The fourth-order valence-electron chi connectivity index (χ4n) is 1.50. The zero-order valence-electron chi connectivity index (χ0n) is 7.40. The van der Waals surface area contributed by atoms with Gasteiger partial charge < -0.3 is 9.53 Å². The van der Waals surface area contributed by atoms with Gasteiger partial charge in [0.05, 0.1) is 16.0 Å². The van der Waals surface area contributed by atoms with Gasteiger partial charge in [0.15, 0.2) is 0 Å². The van der Waals surface area contributed by atoms with Gasteiger partial charge in [-0.3, -0.25) is 0 Å². The van der Waals surface area contributed by atoms with Crippen molar-refractivity contribution in [1.82, 2.24) is 4.98 Å². The molecule has 1 aromatic rings. The second-order valence-electron chi connectivity index (χ2n) is 3.16. The van der Waals surface area contributed by atoms with Crippen molar-refractivity contribution in [3.05, 3.63) is 16.1 Å². The fourth-order valence-corrected chi connectivity index (χ4v) is 2.36.